The lowest BCUT2D eigenvalue weighted by Gasteiger charge is -2.13. The topological polar surface area (TPSA) is 68.0 Å². The number of hydrogen-bond acceptors (Lipinski definition) is 3. The second-order valence-corrected chi connectivity index (χ2v) is 5.62. The summed E-state index contributed by atoms with van der Waals surface area (Å²) in [5.41, 5.74) is 3.05. The fourth-order valence-corrected chi connectivity index (χ4v) is 2.49. The standard InChI is InChI=1S/C16H14ClN3O2/c1-9-3-5-11(6-4-9)14-19-13-7-12(17)8-18-15(13)20(14)10(2)16(21)22/h3-8,10H,1-2H3,(H,21,22). The van der Waals surface area contributed by atoms with Gasteiger partial charge in [0.2, 0.25) is 0 Å². The van der Waals surface area contributed by atoms with Crippen LogP contribution >= 0.6 is 11.6 Å². The quantitative estimate of drug-likeness (QED) is 0.800. The number of carboxylic acid groups (broad SMARTS) is 1. The van der Waals surface area contributed by atoms with Gasteiger partial charge in [0.1, 0.15) is 17.4 Å². The van der Waals surface area contributed by atoms with Crippen LogP contribution in [-0.2, 0) is 4.79 Å². The first-order valence-corrected chi connectivity index (χ1v) is 7.18. The minimum atomic E-state index is -0.940. The van der Waals surface area contributed by atoms with E-state index in [4.69, 9.17) is 11.6 Å². The molecule has 5 nitrogen and oxygen atoms in total. The van der Waals surface area contributed by atoms with E-state index in [-0.39, 0.29) is 0 Å². The predicted octanol–water partition coefficient (Wildman–Crippen LogP) is 3.71. The van der Waals surface area contributed by atoms with Gasteiger partial charge >= 0.3 is 5.97 Å². The molecular formula is C16H14ClN3O2. The van der Waals surface area contributed by atoms with Gasteiger partial charge in [-0.25, -0.2) is 14.8 Å². The minimum absolute atomic E-state index is 0.468. The second-order valence-electron chi connectivity index (χ2n) is 5.18. The molecule has 6 heteroatoms. The summed E-state index contributed by atoms with van der Waals surface area (Å²) < 4.78 is 1.62. The number of imidazole rings is 1. The molecule has 0 radical (unpaired) electrons. The molecule has 22 heavy (non-hydrogen) atoms. The third-order valence-corrected chi connectivity index (χ3v) is 3.76. The Balaban J connectivity index is 2.30. The van der Waals surface area contributed by atoms with Gasteiger partial charge in [0.15, 0.2) is 5.65 Å². The second kappa shape index (κ2) is 5.42. The Morgan fingerprint density at radius 3 is 2.64 bits per heavy atom. The fourth-order valence-electron chi connectivity index (χ4n) is 2.34. The number of nitrogens with zero attached hydrogens (tertiary/aromatic N) is 3. The van der Waals surface area contributed by atoms with Crippen molar-refractivity contribution in [1.82, 2.24) is 14.5 Å². The third kappa shape index (κ3) is 2.44. The van der Waals surface area contributed by atoms with E-state index in [9.17, 15) is 9.90 Å². The van der Waals surface area contributed by atoms with Gasteiger partial charge in [-0.05, 0) is 19.9 Å². The maximum atomic E-state index is 11.4. The van der Waals surface area contributed by atoms with Gasteiger partial charge in [0, 0.05) is 11.8 Å². The zero-order valence-electron chi connectivity index (χ0n) is 12.1. The van der Waals surface area contributed by atoms with Crippen molar-refractivity contribution in [2.75, 3.05) is 0 Å². The van der Waals surface area contributed by atoms with E-state index in [0.717, 1.165) is 11.1 Å². The highest BCUT2D eigenvalue weighted by atomic mass is 35.5. The van der Waals surface area contributed by atoms with E-state index in [1.54, 1.807) is 17.6 Å². The molecule has 3 rings (SSSR count). The van der Waals surface area contributed by atoms with Crippen molar-refractivity contribution >= 4 is 28.7 Å². The van der Waals surface area contributed by atoms with Crippen LogP contribution in [0.1, 0.15) is 18.5 Å². The van der Waals surface area contributed by atoms with Gasteiger partial charge in [-0.3, -0.25) is 4.57 Å². The van der Waals surface area contributed by atoms with Gasteiger partial charge < -0.3 is 5.11 Å². The van der Waals surface area contributed by atoms with Crippen molar-refractivity contribution in [2.45, 2.75) is 19.9 Å². The van der Waals surface area contributed by atoms with Gasteiger partial charge in [0.25, 0.3) is 0 Å². The number of rotatable bonds is 3. The molecule has 1 N–H and O–H groups in total. The minimum Gasteiger partial charge on any atom is -0.480 e. The summed E-state index contributed by atoms with van der Waals surface area (Å²) in [6.45, 7) is 3.60. The van der Waals surface area contributed by atoms with Gasteiger partial charge in [-0.1, -0.05) is 41.4 Å². The third-order valence-electron chi connectivity index (χ3n) is 3.55. The maximum Gasteiger partial charge on any atom is 0.326 e. The first kappa shape index (κ1) is 14.5. The Morgan fingerprint density at radius 2 is 2.00 bits per heavy atom. The highest BCUT2D eigenvalue weighted by molar-refractivity contribution is 6.31. The Kier molecular flexibility index (Phi) is 3.58. The Morgan fingerprint density at radius 1 is 1.32 bits per heavy atom. The largest absolute Gasteiger partial charge is 0.480 e. The fraction of sp³-hybridized carbons (Fsp3) is 0.188. The highest BCUT2D eigenvalue weighted by Gasteiger charge is 2.22. The molecular weight excluding hydrogens is 302 g/mol. The summed E-state index contributed by atoms with van der Waals surface area (Å²) in [7, 11) is 0. The summed E-state index contributed by atoms with van der Waals surface area (Å²) in [4.78, 5) is 20.2. The van der Waals surface area contributed by atoms with E-state index >= 15 is 0 Å². The molecule has 0 amide bonds. The summed E-state index contributed by atoms with van der Waals surface area (Å²) in [5, 5.41) is 9.85. The molecule has 112 valence electrons. The molecule has 2 heterocycles. The SMILES string of the molecule is Cc1ccc(-c2nc3cc(Cl)cnc3n2C(C)C(=O)O)cc1. The van der Waals surface area contributed by atoms with Crippen LogP contribution < -0.4 is 0 Å². The molecule has 0 aliphatic rings. The van der Waals surface area contributed by atoms with Crippen LogP contribution in [0.15, 0.2) is 36.5 Å². The number of aryl methyl sites for hydroxylation is 1. The molecule has 2 aromatic heterocycles. The number of halogens is 1. The number of aliphatic carboxylic acids is 1. The van der Waals surface area contributed by atoms with Crippen molar-refractivity contribution in [1.29, 1.82) is 0 Å². The van der Waals surface area contributed by atoms with Crippen molar-refractivity contribution < 1.29 is 9.90 Å². The number of hydrogen-bond donors (Lipinski definition) is 1. The van der Waals surface area contributed by atoms with Crippen LogP contribution in [0.3, 0.4) is 0 Å². The number of aromatic nitrogens is 3. The number of carboxylic acids is 1. The summed E-state index contributed by atoms with van der Waals surface area (Å²) in [6.07, 6.45) is 1.50. The van der Waals surface area contributed by atoms with Gasteiger partial charge in [0.05, 0.1) is 5.02 Å². The first-order chi connectivity index (χ1) is 10.5. The lowest BCUT2D eigenvalue weighted by molar-refractivity contribution is -0.140. The van der Waals surface area contributed by atoms with Gasteiger partial charge in [-0.15, -0.1) is 0 Å². The van der Waals surface area contributed by atoms with E-state index in [2.05, 4.69) is 9.97 Å². The molecule has 0 bridgehead atoms. The molecule has 3 aromatic rings. The van der Waals surface area contributed by atoms with Crippen molar-refractivity contribution in [3.05, 3.63) is 47.1 Å². The van der Waals surface area contributed by atoms with Gasteiger partial charge in [-0.2, -0.15) is 0 Å². The molecule has 1 aromatic carbocycles. The van der Waals surface area contributed by atoms with Crippen LogP contribution in [0.2, 0.25) is 5.02 Å². The van der Waals surface area contributed by atoms with E-state index < -0.39 is 12.0 Å². The van der Waals surface area contributed by atoms with Crippen molar-refractivity contribution in [2.24, 2.45) is 0 Å². The Bertz CT molecular complexity index is 856. The predicted molar refractivity (Wildman–Crippen MR) is 85.1 cm³/mol. The Labute approximate surface area is 132 Å². The summed E-state index contributed by atoms with van der Waals surface area (Å²) >= 11 is 5.96. The molecule has 0 saturated heterocycles. The van der Waals surface area contributed by atoms with Crippen LogP contribution in [0, 0.1) is 6.92 Å². The van der Waals surface area contributed by atoms with Crippen LogP contribution in [-0.4, -0.2) is 25.6 Å². The zero-order chi connectivity index (χ0) is 15.9. The van der Waals surface area contributed by atoms with Crippen LogP contribution in [0.5, 0.6) is 0 Å². The molecule has 0 aliphatic carbocycles. The number of pyridine rings is 1. The zero-order valence-corrected chi connectivity index (χ0v) is 12.9. The lowest BCUT2D eigenvalue weighted by atomic mass is 10.1. The lowest BCUT2D eigenvalue weighted by Crippen LogP contribution is -2.17. The summed E-state index contributed by atoms with van der Waals surface area (Å²) in [5.74, 6) is -0.371. The number of benzene rings is 1. The van der Waals surface area contributed by atoms with E-state index in [1.807, 2.05) is 31.2 Å². The average molecular weight is 316 g/mol. The normalized spacial score (nSPS) is 12.5. The Hall–Kier alpha value is -2.40. The molecule has 0 aliphatic heterocycles. The first-order valence-electron chi connectivity index (χ1n) is 6.80. The monoisotopic (exact) mass is 315 g/mol. The molecule has 0 saturated carbocycles. The van der Waals surface area contributed by atoms with Crippen molar-refractivity contribution in [3.63, 3.8) is 0 Å². The molecule has 0 fully saturated rings. The van der Waals surface area contributed by atoms with Crippen LogP contribution in [0.25, 0.3) is 22.6 Å². The molecule has 1 unspecified atom stereocenters. The van der Waals surface area contributed by atoms with Crippen LogP contribution in [0.4, 0.5) is 0 Å². The van der Waals surface area contributed by atoms with E-state index in [1.165, 1.54) is 6.20 Å². The average Bonchev–Trinajstić information content (AvgIpc) is 2.85. The molecule has 1 atom stereocenters. The number of fused-ring (bicyclic) bond motifs is 1. The van der Waals surface area contributed by atoms with E-state index in [0.29, 0.717) is 22.0 Å². The van der Waals surface area contributed by atoms with Crippen molar-refractivity contribution in [3.8, 4) is 11.4 Å². The number of carbonyl (C=O) groups is 1. The smallest absolute Gasteiger partial charge is 0.326 e. The maximum absolute atomic E-state index is 11.4. The summed E-state index contributed by atoms with van der Waals surface area (Å²) in [6, 6.07) is 8.67. The highest BCUT2D eigenvalue weighted by Crippen LogP contribution is 2.28. The molecule has 0 spiro atoms.